The topological polar surface area (TPSA) is 61.4 Å². The molecule has 0 saturated carbocycles. The van der Waals surface area contributed by atoms with Crippen molar-refractivity contribution < 1.29 is 23.1 Å². The minimum atomic E-state index is -1.68. The van der Waals surface area contributed by atoms with E-state index in [0.717, 1.165) is 6.07 Å². The second-order valence-electron chi connectivity index (χ2n) is 3.82. The summed E-state index contributed by atoms with van der Waals surface area (Å²) in [6.07, 6.45) is 0. The number of phenols is 1. The van der Waals surface area contributed by atoms with Crippen LogP contribution in [0.5, 0.6) is 5.75 Å². The summed E-state index contributed by atoms with van der Waals surface area (Å²) in [7, 11) is 0. The first-order valence-electron chi connectivity index (χ1n) is 5.48. The quantitative estimate of drug-likeness (QED) is 0.583. The lowest BCUT2D eigenvalue weighted by atomic mass is 10.3. The van der Waals surface area contributed by atoms with Crippen molar-refractivity contribution in [3.63, 3.8) is 0 Å². The van der Waals surface area contributed by atoms with Gasteiger partial charge >= 0.3 is 6.03 Å². The fraction of sp³-hybridized carbons (Fsp3) is 0. The van der Waals surface area contributed by atoms with E-state index < -0.39 is 29.2 Å². The van der Waals surface area contributed by atoms with Crippen molar-refractivity contribution in [3.8, 4) is 5.75 Å². The van der Waals surface area contributed by atoms with Gasteiger partial charge in [0, 0.05) is 0 Å². The van der Waals surface area contributed by atoms with Gasteiger partial charge in [-0.15, -0.1) is 0 Å². The van der Waals surface area contributed by atoms with E-state index in [1.54, 1.807) is 12.1 Å². The maximum absolute atomic E-state index is 13.3. The second kappa shape index (κ2) is 5.52. The number of para-hydroxylation sites is 2. The number of hydrogen-bond donors (Lipinski definition) is 3. The van der Waals surface area contributed by atoms with Gasteiger partial charge in [0.15, 0.2) is 17.5 Å². The van der Waals surface area contributed by atoms with Gasteiger partial charge in [0.1, 0.15) is 5.75 Å². The second-order valence-corrected chi connectivity index (χ2v) is 3.82. The SMILES string of the molecule is O=C(Nc1ccccc1O)Nc1ccc(F)c(F)c1F. The largest absolute Gasteiger partial charge is 0.506 e. The average Bonchev–Trinajstić information content (AvgIpc) is 2.42. The Morgan fingerprint density at radius 2 is 1.55 bits per heavy atom. The van der Waals surface area contributed by atoms with Crippen LogP contribution in [0.4, 0.5) is 29.3 Å². The first-order valence-corrected chi connectivity index (χ1v) is 5.48. The van der Waals surface area contributed by atoms with Crippen LogP contribution in [0.1, 0.15) is 0 Å². The first-order chi connectivity index (χ1) is 9.49. The van der Waals surface area contributed by atoms with Crippen LogP contribution in [0.25, 0.3) is 0 Å². The summed E-state index contributed by atoms with van der Waals surface area (Å²) in [5.74, 6) is -4.72. The number of urea groups is 1. The Kier molecular flexibility index (Phi) is 3.79. The zero-order chi connectivity index (χ0) is 14.7. The van der Waals surface area contributed by atoms with Crippen LogP contribution >= 0.6 is 0 Å². The van der Waals surface area contributed by atoms with Crippen molar-refractivity contribution >= 4 is 17.4 Å². The molecule has 2 rings (SSSR count). The third-order valence-electron chi connectivity index (χ3n) is 2.44. The van der Waals surface area contributed by atoms with Crippen molar-refractivity contribution in [1.29, 1.82) is 0 Å². The lowest BCUT2D eigenvalue weighted by Gasteiger charge is -2.09. The van der Waals surface area contributed by atoms with Gasteiger partial charge in [-0.3, -0.25) is 0 Å². The molecular weight excluding hydrogens is 273 g/mol. The number of carbonyl (C=O) groups is 1. The molecule has 104 valence electrons. The predicted molar refractivity (Wildman–Crippen MR) is 67.1 cm³/mol. The minimum Gasteiger partial charge on any atom is -0.506 e. The Labute approximate surface area is 111 Å². The van der Waals surface area contributed by atoms with E-state index in [4.69, 9.17) is 0 Å². The van der Waals surface area contributed by atoms with E-state index in [1.807, 2.05) is 5.32 Å². The highest BCUT2D eigenvalue weighted by molar-refractivity contribution is 6.00. The van der Waals surface area contributed by atoms with Crippen molar-refractivity contribution in [2.24, 2.45) is 0 Å². The zero-order valence-corrected chi connectivity index (χ0v) is 9.95. The van der Waals surface area contributed by atoms with Gasteiger partial charge in [-0.25, -0.2) is 18.0 Å². The first kappa shape index (κ1) is 13.7. The van der Waals surface area contributed by atoms with Crippen LogP contribution in [-0.2, 0) is 0 Å². The van der Waals surface area contributed by atoms with Gasteiger partial charge in [-0.1, -0.05) is 12.1 Å². The lowest BCUT2D eigenvalue weighted by Crippen LogP contribution is -2.20. The van der Waals surface area contributed by atoms with E-state index in [9.17, 15) is 23.1 Å². The molecule has 2 aromatic rings. The normalized spacial score (nSPS) is 10.2. The molecule has 20 heavy (non-hydrogen) atoms. The van der Waals surface area contributed by atoms with Crippen LogP contribution in [0.2, 0.25) is 0 Å². The number of aromatic hydroxyl groups is 1. The molecule has 0 radical (unpaired) electrons. The molecule has 4 nitrogen and oxygen atoms in total. The third-order valence-corrected chi connectivity index (χ3v) is 2.44. The van der Waals surface area contributed by atoms with E-state index in [1.165, 1.54) is 12.1 Å². The Morgan fingerprint density at radius 3 is 2.25 bits per heavy atom. The molecule has 3 N–H and O–H groups in total. The van der Waals surface area contributed by atoms with Crippen molar-refractivity contribution in [1.82, 2.24) is 0 Å². The Morgan fingerprint density at radius 1 is 0.900 bits per heavy atom. The summed E-state index contributed by atoms with van der Waals surface area (Å²) in [4.78, 5) is 11.6. The number of amides is 2. The number of nitrogens with one attached hydrogen (secondary N) is 2. The number of halogens is 3. The summed E-state index contributed by atoms with van der Waals surface area (Å²) >= 11 is 0. The summed E-state index contributed by atoms with van der Waals surface area (Å²) in [5.41, 5.74) is -0.426. The summed E-state index contributed by atoms with van der Waals surface area (Å²) in [6, 6.07) is 6.54. The molecule has 0 unspecified atom stereocenters. The van der Waals surface area contributed by atoms with E-state index in [0.29, 0.717) is 6.07 Å². The Balaban J connectivity index is 2.13. The summed E-state index contributed by atoms with van der Waals surface area (Å²) in [6.45, 7) is 0. The van der Waals surface area contributed by atoms with Gasteiger partial charge in [-0.05, 0) is 24.3 Å². The smallest absolute Gasteiger partial charge is 0.323 e. The van der Waals surface area contributed by atoms with Crippen molar-refractivity contribution in [3.05, 3.63) is 53.8 Å². The molecule has 0 spiro atoms. The van der Waals surface area contributed by atoms with Crippen LogP contribution in [0.15, 0.2) is 36.4 Å². The monoisotopic (exact) mass is 282 g/mol. The Bertz CT molecular complexity index is 662. The number of carbonyl (C=O) groups excluding carboxylic acids is 1. The molecule has 0 aliphatic heterocycles. The van der Waals surface area contributed by atoms with E-state index in [-0.39, 0.29) is 11.4 Å². The van der Waals surface area contributed by atoms with E-state index in [2.05, 4.69) is 5.32 Å². The van der Waals surface area contributed by atoms with Crippen molar-refractivity contribution in [2.75, 3.05) is 10.6 Å². The van der Waals surface area contributed by atoms with Gasteiger partial charge in [0.2, 0.25) is 0 Å². The maximum atomic E-state index is 13.3. The molecule has 0 aromatic heterocycles. The van der Waals surface area contributed by atoms with Crippen LogP contribution in [-0.4, -0.2) is 11.1 Å². The van der Waals surface area contributed by atoms with Crippen LogP contribution in [0.3, 0.4) is 0 Å². The molecule has 0 aliphatic rings. The molecule has 0 saturated heterocycles. The van der Waals surface area contributed by atoms with Gasteiger partial charge < -0.3 is 15.7 Å². The summed E-state index contributed by atoms with van der Waals surface area (Å²) in [5, 5.41) is 13.7. The molecule has 0 heterocycles. The molecule has 0 aliphatic carbocycles. The van der Waals surface area contributed by atoms with Crippen LogP contribution in [0, 0.1) is 17.5 Å². The maximum Gasteiger partial charge on any atom is 0.323 e. The fourth-order valence-electron chi connectivity index (χ4n) is 1.48. The van der Waals surface area contributed by atoms with Crippen LogP contribution < -0.4 is 10.6 Å². The molecule has 2 amide bonds. The molecule has 0 bridgehead atoms. The molecule has 0 fully saturated rings. The molecular formula is C13H9F3N2O2. The van der Waals surface area contributed by atoms with Gasteiger partial charge in [0.05, 0.1) is 11.4 Å². The highest BCUT2D eigenvalue weighted by Crippen LogP contribution is 2.23. The van der Waals surface area contributed by atoms with Crippen molar-refractivity contribution in [2.45, 2.75) is 0 Å². The number of hydrogen-bond acceptors (Lipinski definition) is 2. The van der Waals surface area contributed by atoms with Gasteiger partial charge in [0.25, 0.3) is 0 Å². The molecule has 2 aromatic carbocycles. The minimum absolute atomic E-state index is 0.0907. The number of anilines is 2. The fourth-order valence-corrected chi connectivity index (χ4v) is 1.48. The van der Waals surface area contributed by atoms with E-state index >= 15 is 0 Å². The highest BCUT2D eigenvalue weighted by atomic mass is 19.2. The number of rotatable bonds is 2. The molecule has 7 heteroatoms. The average molecular weight is 282 g/mol. The summed E-state index contributed by atoms with van der Waals surface area (Å²) < 4.78 is 39.0. The number of benzene rings is 2. The van der Waals surface area contributed by atoms with Gasteiger partial charge in [-0.2, -0.15) is 0 Å². The zero-order valence-electron chi connectivity index (χ0n) is 9.95. The number of phenolic OH excluding ortho intramolecular Hbond substituents is 1. The highest BCUT2D eigenvalue weighted by Gasteiger charge is 2.15. The lowest BCUT2D eigenvalue weighted by molar-refractivity contribution is 0.262. The predicted octanol–water partition coefficient (Wildman–Crippen LogP) is 3.45. The Hall–Kier alpha value is -2.70. The standard InChI is InChI=1S/C13H9F3N2O2/c14-7-5-6-9(12(16)11(7)15)18-13(20)17-8-3-1-2-4-10(8)19/h1-6,19H,(H2,17,18,20). The molecule has 0 atom stereocenters. The third kappa shape index (κ3) is 2.82.